The number of nitrogens with zero attached hydrogens (tertiary/aromatic N) is 1. The molecule has 1 aliphatic heterocycles. The van der Waals surface area contributed by atoms with E-state index >= 15 is 0 Å². The maximum absolute atomic E-state index is 12.3. The van der Waals surface area contributed by atoms with Gasteiger partial charge in [-0.25, -0.2) is 4.79 Å². The van der Waals surface area contributed by atoms with Crippen LogP contribution in [0.5, 0.6) is 0 Å². The number of esters is 1. The zero-order valence-corrected chi connectivity index (χ0v) is 14.4. The number of carbonyl (C=O) groups is 1. The second-order valence-corrected chi connectivity index (χ2v) is 6.33. The summed E-state index contributed by atoms with van der Waals surface area (Å²) in [5.41, 5.74) is 1.95. The SMILES string of the molecule is C=CC1=C(SC)CCN(C(C(=O)OC)c2ccccc2Cl)C1. The summed E-state index contributed by atoms with van der Waals surface area (Å²) >= 11 is 8.04. The maximum atomic E-state index is 12.3. The number of thioether (sulfide) groups is 1. The number of benzene rings is 1. The van der Waals surface area contributed by atoms with Crippen LogP contribution in [0.1, 0.15) is 18.0 Å². The van der Waals surface area contributed by atoms with Crippen LogP contribution in [0.25, 0.3) is 0 Å². The summed E-state index contributed by atoms with van der Waals surface area (Å²) in [7, 11) is 1.41. The molecule has 0 aromatic heterocycles. The third-order valence-electron chi connectivity index (χ3n) is 3.84. The molecule has 5 heteroatoms. The fourth-order valence-electron chi connectivity index (χ4n) is 2.70. The van der Waals surface area contributed by atoms with Crippen molar-refractivity contribution in [1.82, 2.24) is 4.90 Å². The van der Waals surface area contributed by atoms with Gasteiger partial charge >= 0.3 is 5.97 Å². The van der Waals surface area contributed by atoms with E-state index in [4.69, 9.17) is 16.3 Å². The van der Waals surface area contributed by atoms with Crippen LogP contribution in [0.3, 0.4) is 0 Å². The van der Waals surface area contributed by atoms with Gasteiger partial charge in [0.05, 0.1) is 7.11 Å². The molecule has 118 valence electrons. The van der Waals surface area contributed by atoms with E-state index in [1.165, 1.54) is 17.6 Å². The number of hydrogen-bond acceptors (Lipinski definition) is 4. The lowest BCUT2D eigenvalue weighted by Gasteiger charge is -2.34. The van der Waals surface area contributed by atoms with Gasteiger partial charge in [-0.05, 0) is 34.8 Å². The van der Waals surface area contributed by atoms with Gasteiger partial charge in [0.15, 0.2) is 0 Å². The number of methoxy groups -OCH3 is 1. The molecule has 1 aliphatic rings. The van der Waals surface area contributed by atoms with Crippen LogP contribution in [0.4, 0.5) is 0 Å². The molecule has 1 atom stereocenters. The lowest BCUT2D eigenvalue weighted by atomic mass is 10.0. The molecule has 0 saturated heterocycles. The molecular formula is C17H20ClNO2S. The quantitative estimate of drug-likeness (QED) is 0.758. The van der Waals surface area contributed by atoms with Crippen molar-refractivity contribution in [3.05, 3.63) is 58.0 Å². The molecule has 1 heterocycles. The molecule has 0 bridgehead atoms. The maximum Gasteiger partial charge on any atom is 0.327 e. The van der Waals surface area contributed by atoms with Crippen molar-refractivity contribution in [3.8, 4) is 0 Å². The van der Waals surface area contributed by atoms with Gasteiger partial charge in [-0.15, -0.1) is 11.8 Å². The Balaban J connectivity index is 2.36. The largest absolute Gasteiger partial charge is 0.468 e. The molecule has 3 nitrogen and oxygen atoms in total. The number of ether oxygens (including phenoxy) is 1. The molecule has 22 heavy (non-hydrogen) atoms. The standard InChI is InChI=1S/C17H20ClNO2S/c1-4-12-11-19(10-9-15(12)22-3)16(17(20)21-2)13-7-5-6-8-14(13)18/h4-8,16H,1,9-11H2,2-3H3. The van der Waals surface area contributed by atoms with Gasteiger partial charge in [0, 0.05) is 18.1 Å². The molecule has 0 fully saturated rings. The Hall–Kier alpha value is -1.23. The zero-order valence-electron chi connectivity index (χ0n) is 12.8. The Bertz CT molecular complexity index is 600. The van der Waals surface area contributed by atoms with Gasteiger partial charge in [0.25, 0.3) is 0 Å². The van der Waals surface area contributed by atoms with Crippen LogP contribution in [-0.4, -0.2) is 37.3 Å². The molecule has 2 rings (SSSR count). The molecule has 1 aromatic carbocycles. The predicted molar refractivity (Wildman–Crippen MR) is 93.1 cm³/mol. The van der Waals surface area contributed by atoms with Crippen LogP contribution in [0, 0.1) is 0 Å². The monoisotopic (exact) mass is 337 g/mol. The molecule has 0 saturated carbocycles. The first-order chi connectivity index (χ1) is 10.6. The first kappa shape index (κ1) is 17.1. The van der Waals surface area contributed by atoms with Crippen LogP contribution in [-0.2, 0) is 9.53 Å². The normalized spacial score (nSPS) is 17.2. The van der Waals surface area contributed by atoms with E-state index in [-0.39, 0.29) is 5.97 Å². The Morgan fingerprint density at radius 1 is 1.50 bits per heavy atom. The number of hydrogen-bond donors (Lipinski definition) is 0. The Labute approximate surface area is 141 Å². The number of halogens is 1. The minimum Gasteiger partial charge on any atom is -0.468 e. The van der Waals surface area contributed by atoms with E-state index < -0.39 is 6.04 Å². The van der Waals surface area contributed by atoms with Gasteiger partial charge in [-0.1, -0.05) is 42.5 Å². The van der Waals surface area contributed by atoms with Crippen molar-refractivity contribution in [2.45, 2.75) is 12.5 Å². The summed E-state index contributed by atoms with van der Waals surface area (Å²) in [5.74, 6) is -0.288. The van der Waals surface area contributed by atoms with Crippen molar-refractivity contribution in [1.29, 1.82) is 0 Å². The molecule has 1 aromatic rings. The minimum atomic E-state index is -0.489. The third-order valence-corrected chi connectivity index (χ3v) is 5.14. The average Bonchev–Trinajstić information content (AvgIpc) is 2.56. The van der Waals surface area contributed by atoms with E-state index in [1.54, 1.807) is 17.8 Å². The third kappa shape index (κ3) is 3.57. The molecule has 0 radical (unpaired) electrons. The van der Waals surface area contributed by atoms with Gasteiger partial charge in [0.1, 0.15) is 6.04 Å². The lowest BCUT2D eigenvalue weighted by Crippen LogP contribution is -2.39. The van der Waals surface area contributed by atoms with Crippen molar-refractivity contribution in [2.24, 2.45) is 0 Å². The molecule has 0 N–H and O–H groups in total. The summed E-state index contributed by atoms with van der Waals surface area (Å²) < 4.78 is 5.01. The second kappa shape index (κ2) is 7.86. The van der Waals surface area contributed by atoms with Crippen LogP contribution in [0.2, 0.25) is 5.02 Å². The fraction of sp³-hybridized carbons (Fsp3) is 0.353. The number of rotatable bonds is 5. The molecule has 0 aliphatic carbocycles. The highest BCUT2D eigenvalue weighted by Crippen LogP contribution is 2.34. The zero-order chi connectivity index (χ0) is 16.1. The van der Waals surface area contributed by atoms with Gasteiger partial charge in [-0.3, -0.25) is 4.90 Å². The summed E-state index contributed by atoms with van der Waals surface area (Å²) in [6, 6.07) is 6.94. The Kier molecular flexibility index (Phi) is 6.12. The Morgan fingerprint density at radius 2 is 2.23 bits per heavy atom. The van der Waals surface area contributed by atoms with Crippen LogP contribution >= 0.6 is 23.4 Å². The van der Waals surface area contributed by atoms with E-state index in [2.05, 4.69) is 17.7 Å². The summed E-state index contributed by atoms with van der Waals surface area (Å²) in [6.45, 7) is 5.35. The topological polar surface area (TPSA) is 29.5 Å². The highest BCUT2D eigenvalue weighted by Gasteiger charge is 2.32. The van der Waals surface area contributed by atoms with Gasteiger partial charge in [0.2, 0.25) is 0 Å². The average molecular weight is 338 g/mol. The summed E-state index contributed by atoms with van der Waals surface area (Å²) in [4.78, 5) is 15.8. The number of carbonyl (C=O) groups excluding carboxylic acids is 1. The summed E-state index contributed by atoms with van der Waals surface area (Å²) in [5, 5.41) is 0.581. The first-order valence-corrected chi connectivity index (χ1v) is 8.67. The van der Waals surface area contributed by atoms with E-state index in [9.17, 15) is 4.79 Å². The van der Waals surface area contributed by atoms with Gasteiger partial charge in [-0.2, -0.15) is 0 Å². The fourth-order valence-corrected chi connectivity index (χ4v) is 3.65. The second-order valence-electron chi connectivity index (χ2n) is 5.02. The molecular weight excluding hydrogens is 318 g/mol. The van der Waals surface area contributed by atoms with Crippen molar-refractivity contribution in [2.75, 3.05) is 26.5 Å². The van der Waals surface area contributed by atoms with Gasteiger partial charge < -0.3 is 4.74 Å². The van der Waals surface area contributed by atoms with Crippen LogP contribution < -0.4 is 0 Å². The van der Waals surface area contributed by atoms with E-state index in [0.29, 0.717) is 11.6 Å². The van der Waals surface area contributed by atoms with Crippen LogP contribution in [0.15, 0.2) is 47.4 Å². The van der Waals surface area contributed by atoms with Crippen molar-refractivity contribution < 1.29 is 9.53 Å². The van der Waals surface area contributed by atoms with E-state index in [0.717, 1.165) is 18.5 Å². The molecule has 1 unspecified atom stereocenters. The smallest absolute Gasteiger partial charge is 0.327 e. The minimum absolute atomic E-state index is 0.288. The highest BCUT2D eigenvalue weighted by atomic mass is 35.5. The van der Waals surface area contributed by atoms with Crippen molar-refractivity contribution >= 4 is 29.3 Å². The predicted octanol–water partition coefficient (Wildman–Crippen LogP) is 4.06. The van der Waals surface area contributed by atoms with Crippen molar-refractivity contribution in [3.63, 3.8) is 0 Å². The molecule has 0 spiro atoms. The Morgan fingerprint density at radius 3 is 2.82 bits per heavy atom. The first-order valence-electron chi connectivity index (χ1n) is 7.07. The highest BCUT2D eigenvalue weighted by molar-refractivity contribution is 8.02. The lowest BCUT2D eigenvalue weighted by molar-refractivity contribution is -0.147. The molecule has 0 amide bonds. The van der Waals surface area contributed by atoms with E-state index in [1.807, 2.05) is 24.3 Å². The summed E-state index contributed by atoms with van der Waals surface area (Å²) in [6.07, 6.45) is 4.85.